The molecule has 0 radical (unpaired) electrons. The predicted octanol–water partition coefficient (Wildman–Crippen LogP) is 2.24. The molecule has 0 atom stereocenters. The molecule has 0 saturated carbocycles. The summed E-state index contributed by atoms with van der Waals surface area (Å²) >= 11 is 7.03. The number of sulfonamides is 1. The minimum absolute atomic E-state index is 0.440. The Kier molecular flexibility index (Phi) is 5.48. The molecule has 0 spiro atoms. The van der Waals surface area contributed by atoms with Crippen molar-refractivity contribution in [1.29, 1.82) is 0 Å². The summed E-state index contributed by atoms with van der Waals surface area (Å²) in [6.07, 6.45) is 0.725. The molecule has 1 aliphatic rings. The minimum atomic E-state index is -3.33. The van der Waals surface area contributed by atoms with Crippen molar-refractivity contribution in [3.63, 3.8) is 0 Å². The van der Waals surface area contributed by atoms with Gasteiger partial charge in [0.1, 0.15) is 4.21 Å². The highest BCUT2D eigenvalue weighted by Crippen LogP contribution is 2.26. The van der Waals surface area contributed by atoms with E-state index in [9.17, 15) is 8.42 Å². The standard InChI is InChI=1S/C13H21ClN2O2S2/c1-11(2)15-7-9-16(10-8-15)20(17,18)13-4-3-12(19-13)5-6-14/h3-4,11H,5-10H2,1-2H3. The van der Waals surface area contributed by atoms with Gasteiger partial charge in [0.15, 0.2) is 0 Å². The van der Waals surface area contributed by atoms with Crippen molar-refractivity contribution in [2.24, 2.45) is 0 Å². The van der Waals surface area contributed by atoms with Gasteiger partial charge in [0, 0.05) is 43.0 Å². The van der Waals surface area contributed by atoms with E-state index in [0.29, 0.717) is 29.2 Å². The maximum Gasteiger partial charge on any atom is 0.252 e. The summed E-state index contributed by atoms with van der Waals surface area (Å²) in [7, 11) is -3.33. The Balaban J connectivity index is 2.07. The minimum Gasteiger partial charge on any atom is -0.298 e. The average Bonchev–Trinajstić information content (AvgIpc) is 2.88. The Morgan fingerprint density at radius 3 is 2.45 bits per heavy atom. The van der Waals surface area contributed by atoms with Crippen molar-refractivity contribution in [2.75, 3.05) is 32.1 Å². The van der Waals surface area contributed by atoms with Crippen LogP contribution in [0.15, 0.2) is 16.3 Å². The molecule has 1 aliphatic heterocycles. The van der Waals surface area contributed by atoms with Crippen LogP contribution in [0.5, 0.6) is 0 Å². The van der Waals surface area contributed by atoms with Gasteiger partial charge in [0.2, 0.25) is 0 Å². The number of alkyl halides is 1. The van der Waals surface area contributed by atoms with E-state index in [2.05, 4.69) is 18.7 Å². The molecule has 0 aromatic carbocycles. The second kappa shape index (κ2) is 6.75. The fourth-order valence-corrected chi connectivity index (χ4v) is 5.56. The van der Waals surface area contributed by atoms with Gasteiger partial charge in [-0.3, -0.25) is 4.90 Å². The molecular formula is C13H21ClN2O2S2. The molecule has 0 unspecified atom stereocenters. The van der Waals surface area contributed by atoms with Crippen LogP contribution in [0.2, 0.25) is 0 Å². The molecule has 2 heterocycles. The van der Waals surface area contributed by atoms with Crippen LogP contribution >= 0.6 is 22.9 Å². The zero-order chi connectivity index (χ0) is 14.8. The van der Waals surface area contributed by atoms with E-state index in [0.717, 1.165) is 24.4 Å². The average molecular weight is 337 g/mol. The van der Waals surface area contributed by atoms with Gasteiger partial charge >= 0.3 is 0 Å². The molecule has 7 heteroatoms. The van der Waals surface area contributed by atoms with E-state index in [4.69, 9.17) is 11.6 Å². The lowest BCUT2D eigenvalue weighted by Gasteiger charge is -2.35. The number of nitrogens with zero attached hydrogens (tertiary/aromatic N) is 2. The summed E-state index contributed by atoms with van der Waals surface area (Å²) in [5, 5.41) is 0. The number of halogens is 1. The molecule has 0 bridgehead atoms. The Labute approximate surface area is 130 Å². The molecule has 114 valence electrons. The number of rotatable bonds is 5. The third-order valence-electron chi connectivity index (χ3n) is 3.58. The predicted molar refractivity (Wildman–Crippen MR) is 84.2 cm³/mol. The molecular weight excluding hydrogens is 316 g/mol. The van der Waals surface area contributed by atoms with E-state index in [-0.39, 0.29) is 0 Å². The van der Waals surface area contributed by atoms with Crippen LogP contribution in [0.25, 0.3) is 0 Å². The summed E-state index contributed by atoms with van der Waals surface area (Å²) in [6, 6.07) is 4.04. The Hall–Kier alpha value is -0.140. The second-order valence-electron chi connectivity index (χ2n) is 5.19. The highest BCUT2D eigenvalue weighted by Gasteiger charge is 2.30. The molecule has 4 nitrogen and oxygen atoms in total. The summed E-state index contributed by atoms with van der Waals surface area (Å²) < 4.78 is 27.2. The Morgan fingerprint density at radius 1 is 1.25 bits per heavy atom. The zero-order valence-corrected chi connectivity index (χ0v) is 14.3. The quantitative estimate of drug-likeness (QED) is 0.774. The van der Waals surface area contributed by atoms with Crippen LogP contribution in [0.4, 0.5) is 0 Å². The van der Waals surface area contributed by atoms with Crippen LogP contribution in [-0.2, 0) is 16.4 Å². The van der Waals surface area contributed by atoms with E-state index in [1.165, 1.54) is 11.3 Å². The SMILES string of the molecule is CC(C)N1CCN(S(=O)(=O)c2ccc(CCCl)s2)CC1. The first-order valence-corrected chi connectivity index (χ1v) is 9.63. The molecule has 1 fully saturated rings. The third-order valence-corrected chi connectivity index (χ3v) is 7.28. The number of hydrogen-bond donors (Lipinski definition) is 0. The second-order valence-corrected chi connectivity index (χ2v) is 8.90. The lowest BCUT2D eigenvalue weighted by molar-refractivity contribution is 0.154. The first-order valence-electron chi connectivity index (χ1n) is 6.84. The molecule has 0 amide bonds. The van der Waals surface area contributed by atoms with Gasteiger partial charge in [-0.2, -0.15) is 4.31 Å². The van der Waals surface area contributed by atoms with Gasteiger partial charge in [-0.25, -0.2) is 8.42 Å². The summed E-state index contributed by atoms with van der Waals surface area (Å²) in [4.78, 5) is 3.33. The topological polar surface area (TPSA) is 40.6 Å². The fraction of sp³-hybridized carbons (Fsp3) is 0.692. The van der Waals surface area contributed by atoms with Crippen LogP contribution in [-0.4, -0.2) is 55.7 Å². The van der Waals surface area contributed by atoms with Crippen LogP contribution < -0.4 is 0 Å². The fourth-order valence-electron chi connectivity index (χ4n) is 2.31. The van der Waals surface area contributed by atoms with Gasteiger partial charge in [0.05, 0.1) is 0 Å². The number of aryl methyl sites for hydroxylation is 1. The Bertz CT molecular complexity index is 534. The largest absolute Gasteiger partial charge is 0.298 e. The van der Waals surface area contributed by atoms with Crippen LogP contribution in [0.1, 0.15) is 18.7 Å². The van der Waals surface area contributed by atoms with Crippen molar-refractivity contribution in [3.8, 4) is 0 Å². The van der Waals surface area contributed by atoms with Crippen molar-refractivity contribution < 1.29 is 8.42 Å². The third kappa shape index (κ3) is 3.54. The maximum absolute atomic E-state index is 12.6. The molecule has 20 heavy (non-hydrogen) atoms. The Morgan fingerprint density at radius 2 is 1.90 bits per heavy atom. The van der Waals surface area contributed by atoms with E-state index < -0.39 is 10.0 Å². The lowest BCUT2D eigenvalue weighted by Crippen LogP contribution is -2.50. The van der Waals surface area contributed by atoms with Gasteiger partial charge in [-0.15, -0.1) is 22.9 Å². The number of thiophene rings is 1. The van der Waals surface area contributed by atoms with Crippen molar-refractivity contribution in [3.05, 3.63) is 17.0 Å². The zero-order valence-electron chi connectivity index (χ0n) is 11.9. The lowest BCUT2D eigenvalue weighted by atomic mass is 10.3. The smallest absolute Gasteiger partial charge is 0.252 e. The van der Waals surface area contributed by atoms with Crippen molar-refractivity contribution in [1.82, 2.24) is 9.21 Å². The van der Waals surface area contributed by atoms with Gasteiger partial charge in [0.25, 0.3) is 10.0 Å². The highest BCUT2D eigenvalue weighted by atomic mass is 35.5. The molecule has 1 aromatic rings. The normalized spacial score (nSPS) is 18.8. The summed E-state index contributed by atoms with van der Waals surface area (Å²) in [6.45, 7) is 7.03. The first-order chi connectivity index (χ1) is 9.45. The summed E-state index contributed by atoms with van der Waals surface area (Å²) in [5.74, 6) is 0.521. The first kappa shape index (κ1) is 16.2. The van der Waals surface area contributed by atoms with Gasteiger partial charge in [-0.05, 0) is 32.4 Å². The van der Waals surface area contributed by atoms with E-state index >= 15 is 0 Å². The maximum atomic E-state index is 12.6. The van der Waals surface area contributed by atoms with E-state index in [1.54, 1.807) is 10.4 Å². The molecule has 1 aromatic heterocycles. The monoisotopic (exact) mass is 336 g/mol. The molecule has 1 saturated heterocycles. The van der Waals surface area contributed by atoms with Crippen LogP contribution in [0, 0.1) is 0 Å². The van der Waals surface area contributed by atoms with Crippen molar-refractivity contribution >= 4 is 33.0 Å². The van der Waals surface area contributed by atoms with Crippen molar-refractivity contribution in [2.45, 2.75) is 30.5 Å². The highest BCUT2D eigenvalue weighted by molar-refractivity contribution is 7.91. The summed E-state index contributed by atoms with van der Waals surface area (Å²) in [5.41, 5.74) is 0. The van der Waals surface area contributed by atoms with Crippen LogP contribution in [0.3, 0.4) is 0 Å². The molecule has 0 aliphatic carbocycles. The van der Waals surface area contributed by atoms with E-state index in [1.807, 2.05) is 6.07 Å². The molecule has 2 rings (SSSR count). The van der Waals surface area contributed by atoms with Gasteiger partial charge in [-0.1, -0.05) is 0 Å². The number of hydrogen-bond acceptors (Lipinski definition) is 4. The molecule has 0 N–H and O–H groups in total. The number of piperazine rings is 1. The van der Waals surface area contributed by atoms with Gasteiger partial charge < -0.3 is 0 Å².